The Morgan fingerprint density at radius 1 is 1.15 bits per heavy atom. The number of thiophene rings is 1. The summed E-state index contributed by atoms with van der Waals surface area (Å²) in [4.78, 5) is 23.7. The average Bonchev–Trinajstić information content (AvgIpc) is 3.09. The zero-order chi connectivity index (χ0) is 19.2. The lowest BCUT2D eigenvalue weighted by atomic mass is 10.2. The Morgan fingerprint density at radius 2 is 1.92 bits per heavy atom. The molecule has 0 saturated carbocycles. The van der Waals surface area contributed by atoms with E-state index in [0.717, 1.165) is 11.3 Å². The Kier molecular flexibility index (Phi) is 6.76. The molecule has 26 heavy (non-hydrogen) atoms. The van der Waals surface area contributed by atoms with Gasteiger partial charge < -0.3 is 10.6 Å². The molecule has 0 aliphatic carbocycles. The maximum atomic E-state index is 12.2. The quantitative estimate of drug-likeness (QED) is 0.637. The Labute approximate surface area is 156 Å². The lowest BCUT2D eigenvalue weighted by Gasteiger charge is -2.10. The summed E-state index contributed by atoms with van der Waals surface area (Å²) in [6, 6.07) is 9.39. The van der Waals surface area contributed by atoms with E-state index in [1.165, 1.54) is 12.1 Å². The topological polar surface area (TPSA) is 104 Å². The van der Waals surface area contributed by atoms with E-state index in [4.69, 9.17) is 0 Å². The van der Waals surface area contributed by atoms with Gasteiger partial charge >= 0.3 is 0 Å². The maximum Gasteiger partial charge on any atom is 0.271 e. The van der Waals surface area contributed by atoms with Crippen LogP contribution < -0.4 is 15.4 Å². The first-order valence-electron chi connectivity index (χ1n) is 8.02. The SMILES string of the molecule is CC(C)NC(=O)CCNC(=O)c1cccc(NS(=O)(=O)c2cccs2)c1. The van der Waals surface area contributed by atoms with Crippen LogP contribution in [0.2, 0.25) is 0 Å². The van der Waals surface area contributed by atoms with Crippen LogP contribution in [0.4, 0.5) is 5.69 Å². The first-order chi connectivity index (χ1) is 12.3. The molecule has 140 valence electrons. The second-order valence-corrected chi connectivity index (χ2v) is 8.70. The third kappa shape index (κ3) is 5.85. The molecular weight excluding hydrogens is 374 g/mol. The number of hydrogen-bond acceptors (Lipinski definition) is 5. The van der Waals surface area contributed by atoms with Gasteiger partial charge in [-0.15, -0.1) is 11.3 Å². The maximum absolute atomic E-state index is 12.2. The smallest absolute Gasteiger partial charge is 0.271 e. The highest BCUT2D eigenvalue weighted by Gasteiger charge is 2.16. The van der Waals surface area contributed by atoms with Crippen LogP contribution in [0.1, 0.15) is 30.6 Å². The van der Waals surface area contributed by atoms with Crippen LogP contribution in [0, 0.1) is 0 Å². The number of benzene rings is 1. The Balaban J connectivity index is 1.96. The number of amides is 2. The molecule has 2 amide bonds. The molecule has 2 rings (SSSR count). The zero-order valence-corrected chi connectivity index (χ0v) is 16.1. The minimum atomic E-state index is -3.67. The van der Waals surface area contributed by atoms with E-state index in [0.29, 0.717) is 11.3 Å². The average molecular weight is 396 g/mol. The summed E-state index contributed by atoms with van der Waals surface area (Å²) in [5.41, 5.74) is 0.601. The van der Waals surface area contributed by atoms with Crippen molar-refractivity contribution in [3.05, 3.63) is 47.3 Å². The zero-order valence-electron chi connectivity index (χ0n) is 14.5. The van der Waals surface area contributed by atoms with Crippen LogP contribution in [0.15, 0.2) is 46.0 Å². The lowest BCUT2D eigenvalue weighted by Crippen LogP contribution is -2.34. The van der Waals surface area contributed by atoms with Gasteiger partial charge in [-0.3, -0.25) is 14.3 Å². The molecule has 0 atom stereocenters. The molecule has 7 nitrogen and oxygen atoms in total. The molecule has 0 saturated heterocycles. The second kappa shape index (κ2) is 8.81. The number of nitrogens with one attached hydrogen (secondary N) is 3. The second-order valence-electron chi connectivity index (χ2n) is 5.85. The summed E-state index contributed by atoms with van der Waals surface area (Å²) in [5.74, 6) is -0.516. The van der Waals surface area contributed by atoms with Crippen LogP contribution in [0.5, 0.6) is 0 Å². The van der Waals surface area contributed by atoms with Gasteiger partial charge in [-0.1, -0.05) is 12.1 Å². The number of carbonyl (C=O) groups excluding carboxylic acids is 2. The summed E-state index contributed by atoms with van der Waals surface area (Å²) in [6.07, 6.45) is 0.175. The normalized spacial score (nSPS) is 11.2. The minimum absolute atomic E-state index is 0.0475. The molecular formula is C17H21N3O4S2. The Bertz CT molecular complexity index is 862. The van der Waals surface area contributed by atoms with Gasteiger partial charge in [0.2, 0.25) is 5.91 Å². The summed E-state index contributed by atoms with van der Waals surface area (Å²) in [5, 5.41) is 7.06. The van der Waals surface area contributed by atoms with Gasteiger partial charge in [0, 0.05) is 30.3 Å². The van der Waals surface area contributed by atoms with Crippen molar-refractivity contribution in [2.45, 2.75) is 30.5 Å². The van der Waals surface area contributed by atoms with Crippen molar-refractivity contribution < 1.29 is 18.0 Å². The molecule has 2 aromatic rings. The van der Waals surface area contributed by atoms with Gasteiger partial charge in [0.1, 0.15) is 4.21 Å². The molecule has 1 aromatic carbocycles. The van der Waals surface area contributed by atoms with E-state index in [9.17, 15) is 18.0 Å². The molecule has 3 N–H and O–H groups in total. The molecule has 1 heterocycles. The fourth-order valence-corrected chi connectivity index (χ4v) is 4.17. The highest BCUT2D eigenvalue weighted by atomic mass is 32.2. The van der Waals surface area contributed by atoms with Gasteiger partial charge in [-0.05, 0) is 43.5 Å². The molecule has 1 aromatic heterocycles. The Morgan fingerprint density at radius 3 is 2.58 bits per heavy atom. The summed E-state index contributed by atoms with van der Waals surface area (Å²) in [7, 11) is -3.67. The van der Waals surface area contributed by atoms with Gasteiger partial charge in [0.15, 0.2) is 0 Å². The van der Waals surface area contributed by atoms with Gasteiger partial charge in [0.05, 0.1) is 0 Å². The van der Waals surface area contributed by atoms with Crippen LogP contribution >= 0.6 is 11.3 Å². The van der Waals surface area contributed by atoms with E-state index in [-0.39, 0.29) is 35.0 Å². The monoisotopic (exact) mass is 395 g/mol. The molecule has 0 radical (unpaired) electrons. The molecule has 0 spiro atoms. The number of carbonyl (C=O) groups is 2. The number of anilines is 1. The molecule has 0 aliphatic heterocycles. The highest BCUT2D eigenvalue weighted by Crippen LogP contribution is 2.20. The molecule has 9 heteroatoms. The fraction of sp³-hybridized carbons (Fsp3) is 0.294. The van der Waals surface area contributed by atoms with E-state index in [1.54, 1.807) is 29.6 Å². The number of rotatable bonds is 8. The van der Waals surface area contributed by atoms with E-state index >= 15 is 0 Å². The van der Waals surface area contributed by atoms with Crippen molar-refractivity contribution in [1.82, 2.24) is 10.6 Å². The summed E-state index contributed by atoms with van der Waals surface area (Å²) < 4.78 is 27.1. The van der Waals surface area contributed by atoms with E-state index in [1.807, 2.05) is 13.8 Å². The predicted molar refractivity (Wildman–Crippen MR) is 102 cm³/mol. The summed E-state index contributed by atoms with van der Waals surface area (Å²) >= 11 is 1.11. The van der Waals surface area contributed by atoms with Crippen molar-refractivity contribution in [2.24, 2.45) is 0 Å². The third-order valence-electron chi connectivity index (χ3n) is 3.22. The number of sulfonamides is 1. The van der Waals surface area contributed by atoms with Crippen molar-refractivity contribution in [3.63, 3.8) is 0 Å². The van der Waals surface area contributed by atoms with Gasteiger partial charge in [-0.25, -0.2) is 8.42 Å². The van der Waals surface area contributed by atoms with E-state index < -0.39 is 10.0 Å². The Hall–Kier alpha value is -2.39. The van der Waals surface area contributed by atoms with Crippen LogP contribution in [-0.4, -0.2) is 32.8 Å². The van der Waals surface area contributed by atoms with Crippen LogP contribution in [0.25, 0.3) is 0 Å². The van der Waals surface area contributed by atoms with Crippen molar-refractivity contribution in [2.75, 3.05) is 11.3 Å². The predicted octanol–water partition coefficient (Wildman–Crippen LogP) is 2.19. The first-order valence-corrected chi connectivity index (χ1v) is 10.4. The van der Waals surface area contributed by atoms with Crippen LogP contribution in [-0.2, 0) is 14.8 Å². The van der Waals surface area contributed by atoms with Crippen LogP contribution in [0.3, 0.4) is 0 Å². The van der Waals surface area contributed by atoms with Gasteiger partial charge in [0.25, 0.3) is 15.9 Å². The van der Waals surface area contributed by atoms with Gasteiger partial charge in [-0.2, -0.15) is 0 Å². The lowest BCUT2D eigenvalue weighted by molar-refractivity contribution is -0.121. The summed E-state index contributed by atoms with van der Waals surface area (Å²) in [6.45, 7) is 3.92. The van der Waals surface area contributed by atoms with Crippen molar-refractivity contribution in [3.8, 4) is 0 Å². The fourth-order valence-electron chi connectivity index (χ4n) is 2.13. The van der Waals surface area contributed by atoms with E-state index in [2.05, 4.69) is 15.4 Å². The molecule has 0 fully saturated rings. The number of hydrogen-bond donors (Lipinski definition) is 3. The molecule has 0 unspecified atom stereocenters. The standard InChI is InChI=1S/C17H21N3O4S2/c1-12(2)19-15(21)8-9-18-17(22)13-5-3-6-14(11-13)20-26(23,24)16-7-4-10-25-16/h3-7,10-12,20H,8-9H2,1-2H3,(H,18,22)(H,19,21). The van der Waals surface area contributed by atoms with Crippen molar-refractivity contribution >= 4 is 38.9 Å². The largest absolute Gasteiger partial charge is 0.354 e. The molecule has 0 bridgehead atoms. The first kappa shape index (κ1) is 19.9. The minimum Gasteiger partial charge on any atom is -0.354 e. The van der Waals surface area contributed by atoms with Crippen molar-refractivity contribution in [1.29, 1.82) is 0 Å². The molecule has 0 aliphatic rings. The third-order valence-corrected chi connectivity index (χ3v) is 6.00. The highest BCUT2D eigenvalue weighted by molar-refractivity contribution is 7.94.